The highest BCUT2D eigenvalue weighted by Gasteiger charge is 2.33. The summed E-state index contributed by atoms with van der Waals surface area (Å²) < 4.78 is 31.4. The zero-order chi connectivity index (χ0) is 22.8. The SMILES string of the molecule is O=C1COc2cc(F)c(C(=O)N3CC(COc4cccc(Oc5ccccc5)c4)C3)cc2C1. The van der Waals surface area contributed by atoms with E-state index >= 15 is 0 Å². The van der Waals surface area contributed by atoms with Crippen LogP contribution in [0.25, 0.3) is 0 Å². The van der Waals surface area contributed by atoms with Crippen LogP contribution in [0.3, 0.4) is 0 Å². The van der Waals surface area contributed by atoms with Gasteiger partial charge in [0.1, 0.15) is 35.4 Å². The summed E-state index contributed by atoms with van der Waals surface area (Å²) in [5.74, 6) is 1.47. The van der Waals surface area contributed by atoms with Crippen molar-refractivity contribution in [3.05, 3.63) is 83.7 Å². The second-order valence-electron chi connectivity index (χ2n) is 8.22. The highest BCUT2D eigenvalue weighted by atomic mass is 19.1. The molecule has 0 N–H and O–H groups in total. The van der Waals surface area contributed by atoms with Gasteiger partial charge in [-0.15, -0.1) is 0 Å². The van der Waals surface area contributed by atoms with Crippen LogP contribution >= 0.6 is 0 Å². The number of amides is 1. The topological polar surface area (TPSA) is 65.1 Å². The minimum Gasteiger partial charge on any atom is -0.493 e. The van der Waals surface area contributed by atoms with Crippen molar-refractivity contribution < 1.29 is 28.2 Å². The minimum atomic E-state index is -0.636. The molecule has 2 aliphatic rings. The van der Waals surface area contributed by atoms with Crippen molar-refractivity contribution in [2.75, 3.05) is 26.3 Å². The number of carbonyl (C=O) groups excluding carboxylic acids is 2. The first-order chi connectivity index (χ1) is 16.0. The van der Waals surface area contributed by atoms with Crippen molar-refractivity contribution >= 4 is 11.7 Å². The normalized spacial score (nSPS) is 15.3. The Morgan fingerprint density at radius 2 is 1.76 bits per heavy atom. The zero-order valence-corrected chi connectivity index (χ0v) is 17.8. The molecule has 0 spiro atoms. The van der Waals surface area contributed by atoms with E-state index in [-0.39, 0.29) is 36.2 Å². The van der Waals surface area contributed by atoms with Crippen LogP contribution in [0.2, 0.25) is 0 Å². The van der Waals surface area contributed by atoms with Crippen LogP contribution in [-0.4, -0.2) is 42.9 Å². The smallest absolute Gasteiger partial charge is 0.256 e. The summed E-state index contributed by atoms with van der Waals surface area (Å²) in [6.45, 7) is 1.33. The number of hydrogen-bond acceptors (Lipinski definition) is 5. The standard InChI is InChI=1S/C26H22FNO5/c27-24-12-25-18(9-19(29)16-32-25)10-23(24)26(30)28-13-17(14-28)15-31-21-7-4-8-22(11-21)33-20-5-2-1-3-6-20/h1-8,10-12,17H,9,13-16H2. The molecule has 2 heterocycles. The fourth-order valence-corrected chi connectivity index (χ4v) is 3.94. The lowest BCUT2D eigenvalue weighted by Crippen LogP contribution is -2.52. The van der Waals surface area contributed by atoms with Gasteiger partial charge in [0.05, 0.1) is 12.2 Å². The molecule has 1 saturated heterocycles. The number of ether oxygens (including phenoxy) is 3. The van der Waals surface area contributed by atoms with Gasteiger partial charge in [-0.3, -0.25) is 9.59 Å². The van der Waals surface area contributed by atoms with Crippen molar-refractivity contribution in [2.45, 2.75) is 6.42 Å². The average molecular weight is 447 g/mol. The second kappa shape index (κ2) is 8.94. The van der Waals surface area contributed by atoms with Crippen LogP contribution in [0.4, 0.5) is 4.39 Å². The van der Waals surface area contributed by atoms with Gasteiger partial charge < -0.3 is 19.1 Å². The Labute approximate surface area is 190 Å². The summed E-state index contributed by atoms with van der Waals surface area (Å²) in [6, 6.07) is 19.5. The zero-order valence-electron chi connectivity index (χ0n) is 17.8. The summed E-state index contributed by atoms with van der Waals surface area (Å²) in [4.78, 5) is 25.9. The van der Waals surface area contributed by atoms with E-state index in [0.717, 1.165) is 5.75 Å². The highest BCUT2D eigenvalue weighted by molar-refractivity contribution is 5.96. The fourth-order valence-electron chi connectivity index (χ4n) is 3.94. The number of para-hydroxylation sites is 1. The number of Topliss-reactive ketones (excluding diaryl/α,β-unsaturated/α-hetero) is 1. The van der Waals surface area contributed by atoms with Gasteiger partial charge in [-0.25, -0.2) is 4.39 Å². The molecule has 0 saturated carbocycles. The number of hydrogen-bond donors (Lipinski definition) is 0. The maximum atomic E-state index is 14.5. The van der Waals surface area contributed by atoms with Crippen molar-refractivity contribution in [2.24, 2.45) is 5.92 Å². The highest BCUT2D eigenvalue weighted by Crippen LogP contribution is 2.30. The van der Waals surface area contributed by atoms with Gasteiger partial charge in [-0.05, 0) is 30.3 Å². The predicted molar refractivity (Wildman–Crippen MR) is 118 cm³/mol. The van der Waals surface area contributed by atoms with Crippen LogP contribution in [0.1, 0.15) is 15.9 Å². The number of rotatable bonds is 6. The predicted octanol–water partition coefficient (Wildman–Crippen LogP) is 4.27. The van der Waals surface area contributed by atoms with Crippen molar-refractivity contribution in [1.82, 2.24) is 4.90 Å². The van der Waals surface area contributed by atoms with Gasteiger partial charge in [0.25, 0.3) is 5.91 Å². The van der Waals surface area contributed by atoms with Gasteiger partial charge in [-0.2, -0.15) is 0 Å². The Bertz CT molecular complexity index is 1190. The summed E-state index contributed by atoms with van der Waals surface area (Å²) in [7, 11) is 0. The summed E-state index contributed by atoms with van der Waals surface area (Å²) >= 11 is 0. The van der Waals surface area contributed by atoms with E-state index in [2.05, 4.69) is 0 Å². The molecule has 3 aromatic rings. The summed E-state index contributed by atoms with van der Waals surface area (Å²) in [5.41, 5.74) is 0.520. The molecule has 7 heteroatoms. The Kier molecular flexibility index (Phi) is 5.69. The molecule has 5 rings (SSSR count). The van der Waals surface area contributed by atoms with Gasteiger partial charge in [0, 0.05) is 43.1 Å². The second-order valence-corrected chi connectivity index (χ2v) is 8.22. The van der Waals surface area contributed by atoms with Gasteiger partial charge >= 0.3 is 0 Å². The number of halogens is 1. The molecule has 1 amide bonds. The molecule has 0 aromatic heterocycles. The number of ketones is 1. The third-order valence-electron chi connectivity index (χ3n) is 5.67. The molecule has 0 unspecified atom stereocenters. The van der Waals surface area contributed by atoms with E-state index in [1.165, 1.54) is 12.1 Å². The molecular formula is C26H22FNO5. The van der Waals surface area contributed by atoms with Crippen LogP contribution in [0.15, 0.2) is 66.7 Å². The van der Waals surface area contributed by atoms with Gasteiger partial charge in [0.2, 0.25) is 0 Å². The van der Waals surface area contributed by atoms with E-state index in [4.69, 9.17) is 14.2 Å². The molecule has 2 aliphatic heterocycles. The van der Waals surface area contributed by atoms with Crippen LogP contribution in [-0.2, 0) is 11.2 Å². The van der Waals surface area contributed by atoms with E-state index in [0.29, 0.717) is 42.5 Å². The van der Waals surface area contributed by atoms with E-state index < -0.39 is 5.82 Å². The van der Waals surface area contributed by atoms with Crippen molar-refractivity contribution in [3.8, 4) is 23.0 Å². The Hall–Kier alpha value is -3.87. The number of benzene rings is 3. The lowest BCUT2D eigenvalue weighted by Gasteiger charge is -2.39. The quantitative estimate of drug-likeness (QED) is 0.565. The number of carbonyl (C=O) groups is 2. The number of fused-ring (bicyclic) bond motifs is 1. The number of nitrogens with zero attached hydrogens (tertiary/aromatic N) is 1. The first-order valence-corrected chi connectivity index (χ1v) is 10.8. The Balaban J connectivity index is 1.15. The summed E-state index contributed by atoms with van der Waals surface area (Å²) in [5, 5.41) is 0. The third-order valence-corrected chi connectivity index (χ3v) is 5.67. The lowest BCUT2D eigenvalue weighted by atomic mass is 9.97. The van der Waals surface area contributed by atoms with E-state index in [9.17, 15) is 14.0 Å². The Morgan fingerprint density at radius 1 is 1.00 bits per heavy atom. The molecule has 0 bridgehead atoms. The monoisotopic (exact) mass is 447 g/mol. The minimum absolute atomic E-state index is 0.0304. The maximum absolute atomic E-state index is 14.5. The lowest BCUT2D eigenvalue weighted by molar-refractivity contribution is -0.121. The van der Waals surface area contributed by atoms with Crippen LogP contribution in [0, 0.1) is 11.7 Å². The third kappa shape index (κ3) is 4.67. The molecule has 3 aromatic carbocycles. The first kappa shape index (κ1) is 21.0. The molecule has 33 heavy (non-hydrogen) atoms. The fraction of sp³-hybridized carbons (Fsp3) is 0.231. The maximum Gasteiger partial charge on any atom is 0.256 e. The van der Waals surface area contributed by atoms with Crippen molar-refractivity contribution in [1.29, 1.82) is 0 Å². The molecule has 168 valence electrons. The summed E-state index contributed by atoms with van der Waals surface area (Å²) in [6.07, 6.45) is 0.152. The van der Waals surface area contributed by atoms with E-state index in [1.54, 1.807) is 4.90 Å². The molecule has 0 radical (unpaired) electrons. The molecule has 1 fully saturated rings. The first-order valence-electron chi connectivity index (χ1n) is 10.8. The molecule has 0 atom stereocenters. The van der Waals surface area contributed by atoms with Gasteiger partial charge in [-0.1, -0.05) is 24.3 Å². The Morgan fingerprint density at radius 3 is 2.58 bits per heavy atom. The van der Waals surface area contributed by atoms with E-state index in [1.807, 2.05) is 54.6 Å². The largest absolute Gasteiger partial charge is 0.493 e. The molecular weight excluding hydrogens is 425 g/mol. The molecule has 0 aliphatic carbocycles. The van der Waals surface area contributed by atoms with Crippen molar-refractivity contribution in [3.63, 3.8) is 0 Å². The molecule has 6 nitrogen and oxygen atoms in total. The van der Waals surface area contributed by atoms with Gasteiger partial charge in [0.15, 0.2) is 5.78 Å². The van der Waals surface area contributed by atoms with Crippen LogP contribution in [0.5, 0.6) is 23.0 Å². The average Bonchev–Trinajstić information content (AvgIpc) is 2.78. The van der Waals surface area contributed by atoms with Crippen LogP contribution < -0.4 is 14.2 Å². The number of likely N-dealkylation sites (tertiary alicyclic amines) is 1.